The standard InChI is InChI=1S/C44H41NO/c1-6-7-19-37-32(3)33(29-34-17-11-12-20-38(34)37)24-26-36(46-43-23-10-8-9-16-31(43)2)18-15-28-45-35-25-27-40-39-21-13-14-22-41(39)44(4,5)42(40)30-35/h6-7,9-30,45H,1,8H2,2-5H3/b19-7-,26-24-,28-15+,36-18+. The molecular weight excluding hydrogens is 558 g/mol. The van der Waals surface area contributed by atoms with Gasteiger partial charge in [-0.1, -0.05) is 118 Å². The van der Waals surface area contributed by atoms with E-state index >= 15 is 0 Å². The van der Waals surface area contributed by atoms with Gasteiger partial charge in [0.15, 0.2) is 0 Å². The van der Waals surface area contributed by atoms with Gasteiger partial charge in [0, 0.05) is 17.3 Å². The van der Waals surface area contributed by atoms with E-state index in [9.17, 15) is 0 Å². The number of benzene rings is 4. The molecule has 0 aromatic heterocycles. The summed E-state index contributed by atoms with van der Waals surface area (Å²) in [6.07, 6.45) is 25.5. The first-order valence-electron chi connectivity index (χ1n) is 16.0. The van der Waals surface area contributed by atoms with Gasteiger partial charge in [0.05, 0.1) is 0 Å². The molecule has 2 heteroatoms. The van der Waals surface area contributed by atoms with Crippen LogP contribution in [0.4, 0.5) is 5.69 Å². The monoisotopic (exact) mass is 599 g/mol. The minimum atomic E-state index is -0.0342. The van der Waals surface area contributed by atoms with Gasteiger partial charge in [0.1, 0.15) is 11.5 Å². The first kappa shape index (κ1) is 30.7. The van der Waals surface area contributed by atoms with Crippen molar-refractivity contribution in [1.29, 1.82) is 0 Å². The van der Waals surface area contributed by atoms with Crippen LogP contribution in [0.5, 0.6) is 0 Å². The van der Waals surface area contributed by atoms with Crippen molar-refractivity contribution in [3.05, 3.63) is 185 Å². The zero-order valence-electron chi connectivity index (χ0n) is 27.2. The van der Waals surface area contributed by atoms with E-state index in [1.165, 1.54) is 44.2 Å². The van der Waals surface area contributed by atoms with Crippen LogP contribution in [0.2, 0.25) is 0 Å². The summed E-state index contributed by atoms with van der Waals surface area (Å²) in [6.45, 7) is 12.7. The molecule has 0 spiro atoms. The molecule has 0 amide bonds. The number of hydrogen-bond acceptors (Lipinski definition) is 2. The Labute approximate surface area is 273 Å². The van der Waals surface area contributed by atoms with Gasteiger partial charge in [-0.05, 0) is 118 Å². The summed E-state index contributed by atoms with van der Waals surface area (Å²) in [5.74, 6) is 1.59. The van der Waals surface area contributed by atoms with Crippen LogP contribution in [-0.2, 0) is 10.2 Å². The molecule has 0 saturated carbocycles. The zero-order chi connectivity index (χ0) is 32.1. The van der Waals surface area contributed by atoms with Gasteiger partial charge in [-0.15, -0.1) is 0 Å². The van der Waals surface area contributed by atoms with Crippen LogP contribution < -0.4 is 5.32 Å². The Kier molecular flexibility index (Phi) is 8.90. The summed E-state index contributed by atoms with van der Waals surface area (Å²) in [5.41, 5.74) is 11.0. The lowest BCUT2D eigenvalue weighted by Crippen LogP contribution is -2.15. The van der Waals surface area contributed by atoms with Gasteiger partial charge in [-0.25, -0.2) is 0 Å². The van der Waals surface area contributed by atoms with Crippen molar-refractivity contribution in [3.63, 3.8) is 0 Å². The van der Waals surface area contributed by atoms with Crippen molar-refractivity contribution < 1.29 is 4.74 Å². The Morgan fingerprint density at radius 3 is 2.50 bits per heavy atom. The fourth-order valence-electron chi connectivity index (χ4n) is 6.38. The maximum absolute atomic E-state index is 6.51. The second kappa shape index (κ2) is 13.3. The molecule has 4 aromatic rings. The molecule has 46 heavy (non-hydrogen) atoms. The molecule has 2 aliphatic rings. The number of nitrogens with one attached hydrogen (secondary N) is 1. The van der Waals surface area contributed by atoms with Crippen molar-refractivity contribution >= 4 is 28.6 Å². The molecular formula is C44H41NO. The van der Waals surface area contributed by atoms with E-state index < -0.39 is 0 Å². The third kappa shape index (κ3) is 6.25. The van der Waals surface area contributed by atoms with Crippen LogP contribution in [0, 0.1) is 6.92 Å². The molecule has 0 aliphatic heterocycles. The lowest BCUT2D eigenvalue weighted by Gasteiger charge is -2.21. The van der Waals surface area contributed by atoms with E-state index in [1.807, 2.05) is 30.5 Å². The largest absolute Gasteiger partial charge is 0.457 e. The lowest BCUT2D eigenvalue weighted by atomic mass is 9.82. The third-order valence-corrected chi connectivity index (χ3v) is 8.94. The van der Waals surface area contributed by atoms with Gasteiger partial charge >= 0.3 is 0 Å². The zero-order valence-corrected chi connectivity index (χ0v) is 27.2. The van der Waals surface area contributed by atoms with E-state index in [-0.39, 0.29) is 5.41 Å². The fraction of sp³-hybridized carbons (Fsp3) is 0.136. The second-order valence-electron chi connectivity index (χ2n) is 12.3. The fourth-order valence-corrected chi connectivity index (χ4v) is 6.38. The molecule has 0 fully saturated rings. The number of hydrogen-bond donors (Lipinski definition) is 1. The minimum Gasteiger partial charge on any atom is -0.457 e. The van der Waals surface area contributed by atoms with Crippen LogP contribution in [0.15, 0.2) is 157 Å². The van der Waals surface area contributed by atoms with Crippen LogP contribution in [0.3, 0.4) is 0 Å². The summed E-state index contributed by atoms with van der Waals surface area (Å²) in [6, 6.07) is 26.1. The molecule has 0 unspecified atom stereocenters. The number of fused-ring (bicyclic) bond motifs is 4. The highest BCUT2D eigenvalue weighted by Gasteiger charge is 2.35. The predicted molar refractivity (Wildman–Crippen MR) is 198 cm³/mol. The Hall–Kier alpha value is -5.34. The summed E-state index contributed by atoms with van der Waals surface area (Å²) in [5, 5.41) is 5.91. The third-order valence-electron chi connectivity index (χ3n) is 8.94. The van der Waals surface area contributed by atoms with Crippen molar-refractivity contribution in [2.75, 3.05) is 5.32 Å². The lowest BCUT2D eigenvalue weighted by molar-refractivity contribution is 0.333. The average molecular weight is 600 g/mol. The number of ether oxygens (including phenoxy) is 1. The summed E-state index contributed by atoms with van der Waals surface area (Å²) in [4.78, 5) is 0. The first-order chi connectivity index (χ1) is 22.4. The van der Waals surface area contributed by atoms with Gasteiger partial charge in [0.2, 0.25) is 0 Å². The molecule has 6 rings (SSSR count). The quantitative estimate of drug-likeness (QED) is 0.153. The van der Waals surface area contributed by atoms with Crippen LogP contribution in [0.25, 0.3) is 34.1 Å². The Bertz CT molecular complexity index is 2020. The molecule has 4 aromatic carbocycles. The van der Waals surface area contributed by atoms with Gasteiger partial charge < -0.3 is 10.1 Å². The van der Waals surface area contributed by atoms with Crippen molar-refractivity contribution in [1.82, 2.24) is 0 Å². The van der Waals surface area contributed by atoms with E-state index in [1.54, 1.807) is 0 Å². The van der Waals surface area contributed by atoms with Crippen LogP contribution in [-0.4, -0.2) is 0 Å². The van der Waals surface area contributed by atoms with E-state index in [4.69, 9.17) is 4.74 Å². The van der Waals surface area contributed by atoms with Gasteiger partial charge in [0.25, 0.3) is 0 Å². The van der Waals surface area contributed by atoms with E-state index in [0.29, 0.717) is 0 Å². The summed E-state index contributed by atoms with van der Waals surface area (Å²) >= 11 is 0. The van der Waals surface area contributed by atoms with Crippen LogP contribution >= 0.6 is 0 Å². The average Bonchev–Trinajstić information content (AvgIpc) is 3.15. The molecule has 2 aliphatic carbocycles. The van der Waals surface area contributed by atoms with Crippen molar-refractivity contribution in [2.24, 2.45) is 0 Å². The number of anilines is 1. The normalized spacial score (nSPS) is 15.6. The summed E-state index contributed by atoms with van der Waals surface area (Å²) in [7, 11) is 0. The second-order valence-corrected chi connectivity index (χ2v) is 12.3. The smallest absolute Gasteiger partial charge is 0.130 e. The molecule has 0 radical (unpaired) electrons. The Morgan fingerprint density at radius 1 is 0.848 bits per heavy atom. The predicted octanol–water partition coefficient (Wildman–Crippen LogP) is 12.0. The first-order valence-corrected chi connectivity index (χ1v) is 16.0. The molecule has 0 heterocycles. The van der Waals surface area contributed by atoms with E-state index in [2.05, 4.69) is 155 Å². The highest BCUT2D eigenvalue weighted by Crippen LogP contribution is 2.49. The molecule has 0 atom stereocenters. The molecule has 228 valence electrons. The molecule has 2 nitrogen and oxygen atoms in total. The number of rotatable bonds is 9. The Morgan fingerprint density at radius 2 is 1.63 bits per heavy atom. The molecule has 0 saturated heterocycles. The Balaban J connectivity index is 1.30. The highest BCUT2D eigenvalue weighted by molar-refractivity contribution is 5.94. The van der Waals surface area contributed by atoms with Crippen molar-refractivity contribution in [2.45, 2.75) is 39.5 Å². The highest BCUT2D eigenvalue weighted by atomic mass is 16.5. The molecule has 1 N–H and O–H groups in total. The number of allylic oxidation sites excluding steroid dienone is 10. The topological polar surface area (TPSA) is 21.3 Å². The van der Waals surface area contributed by atoms with E-state index in [0.717, 1.165) is 34.8 Å². The maximum atomic E-state index is 6.51. The van der Waals surface area contributed by atoms with Gasteiger partial charge in [-0.3, -0.25) is 0 Å². The van der Waals surface area contributed by atoms with Crippen LogP contribution in [0.1, 0.15) is 55.0 Å². The molecule has 0 bridgehead atoms. The summed E-state index contributed by atoms with van der Waals surface area (Å²) < 4.78 is 6.51. The SMILES string of the molecule is C=C/C=C\c1c(C)c(\C=C/C(=C\C=C\Nc2ccc3c(c2)C(C)(C)c2ccccc2-3)OC2=C(C)C=CCC=C2)cc2ccccc12. The minimum absolute atomic E-state index is 0.0342. The van der Waals surface area contributed by atoms with Gasteiger partial charge in [-0.2, -0.15) is 0 Å². The maximum Gasteiger partial charge on any atom is 0.130 e. The van der Waals surface area contributed by atoms with Crippen molar-refractivity contribution in [3.8, 4) is 11.1 Å².